The number of amides is 1. The fraction of sp³-hybridized carbons (Fsp3) is 0.938. The van der Waals surface area contributed by atoms with Crippen molar-refractivity contribution in [3.63, 3.8) is 0 Å². The van der Waals surface area contributed by atoms with E-state index >= 15 is 0 Å². The van der Waals surface area contributed by atoms with Crippen LogP contribution in [0.1, 0.15) is 46.0 Å². The highest BCUT2D eigenvalue weighted by Crippen LogP contribution is 2.57. The Morgan fingerprint density at radius 1 is 1.29 bits per heavy atom. The number of thioether (sulfide) groups is 1. The van der Waals surface area contributed by atoms with Gasteiger partial charge in [-0.2, -0.15) is 11.8 Å². The fourth-order valence-electron chi connectivity index (χ4n) is 4.70. The standard InChI is InChI=1S/C16H28N2O2S/c1-15(2)13-10(6-5-9-20-13)16(15,17)14(19)18-11-7-4-8-12(11)21-3/h10-13H,4-9,17H2,1-3H3,(H,18,19). The predicted molar refractivity (Wildman–Crippen MR) is 86.2 cm³/mol. The van der Waals surface area contributed by atoms with E-state index in [1.54, 1.807) is 0 Å². The zero-order valence-electron chi connectivity index (χ0n) is 13.4. The number of carbonyl (C=O) groups is 1. The molecule has 3 rings (SSSR count). The third-order valence-electron chi connectivity index (χ3n) is 6.13. The lowest BCUT2D eigenvalue weighted by Crippen LogP contribution is -2.82. The molecular formula is C16H28N2O2S. The number of nitrogens with two attached hydrogens (primary N) is 1. The number of ether oxygens (including phenoxy) is 1. The lowest BCUT2D eigenvalue weighted by molar-refractivity contribution is -0.225. The molecule has 0 aromatic rings. The maximum atomic E-state index is 12.9. The van der Waals surface area contributed by atoms with Gasteiger partial charge < -0.3 is 15.8 Å². The zero-order chi connectivity index (χ0) is 15.3. The van der Waals surface area contributed by atoms with Gasteiger partial charge in [0.15, 0.2) is 0 Å². The number of nitrogens with one attached hydrogen (secondary N) is 1. The average Bonchev–Trinajstić information content (AvgIpc) is 2.93. The fourth-order valence-corrected chi connectivity index (χ4v) is 5.63. The minimum Gasteiger partial charge on any atom is -0.377 e. The number of carbonyl (C=O) groups excluding carboxylic acids is 1. The van der Waals surface area contributed by atoms with E-state index in [-0.39, 0.29) is 29.4 Å². The minimum atomic E-state index is -0.774. The second-order valence-electron chi connectivity index (χ2n) is 7.42. The molecule has 0 aromatic carbocycles. The Morgan fingerprint density at radius 3 is 2.76 bits per heavy atom. The van der Waals surface area contributed by atoms with Crippen LogP contribution in [0, 0.1) is 11.3 Å². The van der Waals surface area contributed by atoms with Gasteiger partial charge in [-0.15, -0.1) is 0 Å². The molecule has 21 heavy (non-hydrogen) atoms. The van der Waals surface area contributed by atoms with Gasteiger partial charge in [0.2, 0.25) is 5.91 Å². The lowest BCUT2D eigenvalue weighted by Gasteiger charge is -2.65. The summed E-state index contributed by atoms with van der Waals surface area (Å²) in [5.74, 6) is 0.223. The van der Waals surface area contributed by atoms with E-state index in [0.717, 1.165) is 25.9 Å². The Hall–Kier alpha value is -0.260. The first-order valence-corrected chi connectivity index (χ1v) is 9.46. The Bertz CT molecular complexity index is 429. The summed E-state index contributed by atoms with van der Waals surface area (Å²) in [5.41, 5.74) is 5.59. The first-order valence-electron chi connectivity index (χ1n) is 8.17. The van der Waals surface area contributed by atoms with Crippen molar-refractivity contribution in [2.75, 3.05) is 12.9 Å². The number of fused-ring (bicyclic) bond motifs is 1. The normalized spacial score (nSPS) is 44.8. The van der Waals surface area contributed by atoms with E-state index in [4.69, 9.17) is 10.5 Å². The molecule has 2 aliphatic carbocycles. The molecule has 5 unspecified atom stereocenters. The highest BCUT2D eigenvalue weighted by Gasteiger charge is 2.70. The van der Waals surface area contributed by atoms with Crippen LogP contribution in [-0.4, -0.2) is 41.7 Å². The quantitative estimate of drug-likeness (QED) is 0.836. The topological polar surface area (TPSA) is 64.4 Å². The summed E-state index contributed by atoms with van der Waals surface area (Å²) < 4.78 is 5.89. The summed E-state index contributed by atoms with van der Waals surface area (Å²) in [5, 5.41) is 3.81. The van der Waals surface area contributed by atoms with Crippen LogP contribution >= 0.6 is 11.8 Å². The Kier molecular flexibility index (Phi) is 4.04. The van der Waals surface area contributed by atoms with Crippen molar-refractivity contribution in [1.82, 2.24) is 5.32 Å². The van der Waals surface area contributed by atoms with Crippen LogP contribution in [0.5, 0.6) is 0 Å². The van der Waals surface area contributed by atoms with E-state index in [9.17, 15) is 4.79 Å². The van der Waals surface area contributed by atoms with E-state index in [1.807, 2.05) is 11.8 Å². The largest absolute Gasteiger partial charge is 0.377 e. The molecule has 1 amide bonds. The van der Waals surface area contributed by atoms with Crippen molar-refractivity contribution in [1.29, 1.82) is 0 Å². The smallest absolute Gasteiger partial charge is 0.241 e. The van der Waals surface area contributed by atoms with Crippen LogP contribution in [0.4, 0.5) is 0 Å². The Labute approximate surface area is 131 Å². The minimum absolute atomic E-state index is 0.0465. The molecule has 3 aliphatic rings. The third kappa shape index (κ3) is 2.15. The monoisotopic (exact) mass is 312 g/mol. The average molecular weight is 312 g/mol. The van der Waals surface area contributed by atoms with Crippen molar-refractivity contribution < 1.29 is 9.53 Å². The maximum absolute atomic E-state index is 12.9. The summed E-state index contributed by atoms with van der Waals surface area (Å²) in [4.78, 5) is 12.9. The molecule has 1 saturated heterocycles. The second-order valence-corrected chi connectivity index (χ2v) is 8.49. The van der Waals surface area contributed by atoms with Crippen LogP contribution in [0.2, 0.25) is 0 Å². The summed E-state index contributed by atoms with van der Waals surface area (Å²) >= 11 is 1.86. The Balaban J connectivity index is 1.74. The number of hydrogen-bond acceptors (Lipinski definition) is 4. The van der Waals surface area contributed by atoms with Gasteiger partial charge in [-0.1, -0.05) is 20.3 Å². The number of rotatable bonds is 3. The van der Waals surface area contributed by atoms with Crippen LogP contribution in [-0.2, 0) is 9.53 Å². The van der Waals surface area contributed by atoms with Crippen LogP contribution in [0.25, 0.3) is 0 Å². The van der Waals surface area contributed by atoms with E-state index in [2.05, 4.69) is 25.4 Å². The lowest BCUT2D eigenvalue weighted by atomic mass is 9.46. The van der Waals surface area contributed by atoms with Crippen LogP contribution < -0.4 is 11.1 Å². The van der Waals surface area contributed by atoms with Crippen LogP contribution in [0.3, 0.4) is 0 Å². The molecule has 1 heterocycles. The predicted octanol–water partition coefficient (Wildman–Crippen LogP) is 1.92. The molecule has 0 radical (unpaired) electrons. The van der Waals surface area contributed by atoms with Crippen LogP contribution in [0.15, 0.2) is 0 Å². The van der Waals surface area contributed by atoms with Gasteiger partial charge in [0.1, 0.15) is 5.54 Å². The van der Waals surface area contributed by atoms with Crippen molar-refractivity contribution in [3.8, 4) is 0 Å². The van der Waals surface area contributed by atoms with E-state index < -0.39 is 5.54 Å². The molecule has 3 fully saturated rings. The van der Waals surface area contributed by atoms with Crippen molar-refractivity contribution in [2.24, 2.45) is 17.1 Å². The Morgan fingerprint density at radius 2 is 2.05 bits per heavy atom. The van der Waals surface area contributed by atoms with Crippen molar-refractivity contribution in [3.05, 3.63) is 0 Å². The second kappa shape index (κ2) is 5.43. The van der Waals surface area contributed by atoms with Gasteiger partial charge in [0, 0.05) is 29.2 Å². The van der Waals surface area contributed by atoms with Gasteiger partial charge >= 0.3 is 0 Å². The molecule has 120 valence electrons. The molecule has 4 nitrogen and oxygen atoms in total. The summed E-state index contributed by atoms with van der Waals surface area (Å²) in [6.07, 6.45) is 7.77. The highest BCUT2D eigenvalue weighted by molar-refractivity contribution is 7.99. The first-order chi connectivity index (χ1) is 9.92. The van der Waals surface area contributed by atoms with Crippen molar-refractivity contribution in [2.45, 2.75) is 68.9 Å². The molecule has 3 N–H and O–H groups in total. The van der Waals surface area contributed by atoms with Gasteiger partial charge in [-0.3, -0.25) is 4.79 Å². The molecular weight excluding hydrogens is 284 g/mol. The van der Waals surface area contributed by atoms with Gasteiger partial charge in [-0.05, 0) is 31.9 Å². The first kappa shape index (κ1) is 15.6. The maximum Gasteiger partial charge on any atom is 0.241 e. The molecule has 0 aromatic heterocycles. The van der Waals surface area contributed by atoms with Gasteiger partial charge in [0.25, 0.3) is 0 Å². The van der Waals surface area contributed by atoms with Crippen molar-refractivity contribution >= 4 is 17.7 Å². The summed E-state index contributed by atoms with van der Waals surface area (Å²) in [7, 11) is 0. The van der Waals surface area contributed by atoms with Gasteiger partial charge in [0.05, 0.1) is 6.10 Å². The highest BCUT2D eigenvalue weighted by atomic mass is 32.2. The zero-order valence-corrected chi connectivity index (χ0v) is 14.2. The molecule has 2 saturated carbocycles. The number of hydrogen-bond donors (Lipinski definition) is 2. The molecule has 1 aliphatic heterocycles. The van der Waals surface area contributed by atoms with E-state index in [1.165, 1.54) is 12.8 Å². The molecule has 5 atom stereocenters. The summed E-state index contributed by atoms with van der Waals surface area (Å²) in [6.45, 7) is 4.97. The SMILES string of the molecule is CSC1CCCC1NC(=O)C1(N)C2CCCOC2C1(C)C. The molecule has 5 heteroatoms. The molecule has 0 bridgehead atoms. The third-order valence-corrected chi connectivity index (χ3v) is 7.30. The van der Waals surface area contributed by atoms with Gasteiger partial charge in [-0.25, -0.2) is 0 Å². The molecule has 0 spiro atoms. The summed E-state index contributed by atoms with van der Waals surface area (Å²) in [6, 6.07) is 0.285. The van der Waals surface area contributed by atoms with E-state index in [0.29, 0.717) is 5.25 Å².